The van der Waals surface area contributed by atoms with Crippen LogP contribution in [0.2, 0.25) is 0 Å². The van der Waals surface area contributed by atoms with Crippen molar-refractivity contribution in [2.45, 2.75) is 37.3 Å². The van der Waals surface area contributed by atoms with Gasteiger partial charge in [0.05, 0.1) is 6.04 Å². The first-order chi connectivity index (χ1) is 21.0. The van der Waals surface area contributed by atoms with Crippen molar-refractivity contribution in [2.24, 2.45) is 16.5 Å². The van der Waals surface area contributed by atoms with Crippen LogP contribution in [-0.4, -0.2) is 60.9 Å². The van der Waals surface area contributed by atoms with Crippen LogP contribution in [0, 0.1) is 0 Å². The lowest BCUT2D eigenvalue weighted by Gasteiger charge is -2.29. The molecule has 0 aromatic heterocycles. The monoisotopic (exact) mass is 576 g/mol. The first-order valence-electron chi connectivity index (χ1n) is 14.9. The zero-order chi connectivity index (χ0) is 30.0. The number of nitrogens with zero attached hydrogens (tertiary/aromatic N) is 2. The lowest BCUT2D eigenvalue weighted by molar-refractivity contribution is -0.133. The molecule has 222 valence electrons. The minimum Gasteiger partial charge on any atom is -0.370 e. The summed E-state index contributed by atoms with van der Waals surface area (Å²) in [5.41, 5.74) is 14.0. The molecule has 0 bridgehead atoms. The fraction of sp³-hybridized carbons (Fsp3) is 0.286. The number of hydrogen-bond acceptors (Lipinski definition) is 4. The highest BCUT2D eigenvalue weighted by molar-refractivity contribution is 5.98. The van der Waals surface area contributed by atoms with Crippen molar-refractivity contribution in [3.8, 4) is 0 Å². The van der Waals surface area contributed by atoms with Crippen molar-refractivity contribution >= 4 is 28.5 Å². The number of benzene rings is 4. The Labute approximate surface area is 253 Å². The summed E-state index contributed by atoms with van der Waals surface area (Å²) in [6.07, 6.45) is 1.96. The summed E-state index contributed by atoms with van der Waals surface area (Å²) >= 11 is 0. The van der Waals surface area contributed by atoms with Crippen molar-refractivity contribution in [2.75, 3.05) is 26.2 Å². The van der Waals surface area contributed by atoms with E-state index in [1.165, 1.54) is 11.1 Å². The molecule has 1 aliphatic rings. The Morgan fingerprint density at radius 1 is 0.907 bits per heavy atom. The molecule has 5 rings (SSSR count). The van der Waals surface area contributed by atoms with Crippen LogP contribution in [0.15, 0.2) is 108 Å². The van der Waals surface area contributed by atoms with Gasteiger partial charge < -0.3 is 27.0 Å². The average Bonchev–Trinajstić information content (AvgIpc) is 3.19. The molecular weight excluding hydrogens is 536 g/mol. The summed E-state index contributed by atoms with van der Waals surface area (Å²) in [6, 6.07) is 33.9. The predicted molar refractivity (Wildman–Crippen MR) is 173 cm³/mol. The zero-order valence-corrected chi connectivity index (χ0v) is 24.4. The van der Waals surface area contributed by atoms with Crippen molar-refractivity contribution in [3.63, 3.8) is 0 Å². The molecule has 2 atom stereocenters. The zero-order valence-electron chi connectivity index (χ0n) is 24.4. The largest absolute Gasteiger partial charge is 0.370 e. The van der Waals surface area contributed by atoms with E-state index in [0.29, 0.717) is 51.0 Å². The molecule has 1 fully saturated rings. The molecule has 8 nitrogen and oxygen atoms in total. The van der Waals surface area contributed by atoms with Gasteiger partial charge in [0.15, 0.2) is 5.96 Å². The number of hydrogen-bond donors (Lipinski definition) is 4. The van der Waals surface area contributed by atoms with Crippen LogP contribution in [0.5, 0.6) is 0 Å². The fourth-order valence-corrected chi connectivity index (χ4v) is 5.78. The molecule has 2 amide bonds. The minimum atomic E-state index is -0.411. The smallest absolute Gasteiger partial charge is 0.251 e. The lowest BCUT2D eigenvalue weighted by atomic mass is 9.90. The van der Waals surface area contributed by atoms with E-state index in [4.69, 9.17) is 11.5 Å². The van der Waals surface area contributed by atoms with Gasteiger partial charge in [-0.05, 0) is 53.3 Å². The van der Waals surface area contributed by atoms with Crippen LogP contribution in [0.1, 0.15) is 46.7 Å². The number of aliphatic imine (C=N–C) groups is 1. The Morgan fingerprint density at radius 3 is 2.23 bits per heavy atom. The average molecular weight is 577 g/mol. The second kappa shape index (κ2) is 14.5. The van der Waals surface area contributed by atoms with Crippen LogP contribution in [0.3, 0.4) is 0 Å². The van der Waals surface area contributed by atoms with Gasteiger partial charge in [-0.15, -0.1) is 0 Å². The summed E-state index contributed by atoms with van der Waals surface area (Å²) < 4.78 is 0. The normalized spacial score (nSPS) is 17.0. The summed E-state index contributed by atoms with van der Waals surface area (Å²) in [5.74, 6) is 0.0184. The Kier molecular flexibility index (Phi) is 10.0. The molecule has 0 spiro atoms. The third kappa shape index (κ3) is 7.99. The van der Waals surface area contributed by atoms with Crippen molar-refractivity contribution < 1.29 is 9.59 Å². The molecule has 1 saturated heterocycles. The van der Waals surface area contributed by atoms with Gasteiger partial charge in [-0.25, -0.2) is 0 Å². The van der Waals surface area contributed by atoms with Gasteiger partial charge in [0.2, 0.25) is 5.91 Å². The van der Waals surface area contributed by atoms with E-state index in [-0.39, 0.29) is 29.7 Å². The molecule has 1 heterocycles. The van der Waals surface area contributed by atoms with Gasteiger partial charge in [0.25, 0.3) is 5.91 Å². The van der Waals surface area contributed by atoms with Crippen LogP contribution in [0.4, 0.5) is 0 Å². The van der Waals surface area contributed by atoms with E-state index in [1.807, 2.05) is 83.8 Å². The molecule has 43 heavy (non-hydrogen) atoms. The number of nitrogens with one attached hydrogen (secondary N) is 2. The standard InChI is InChI=1S/C35H40N6O2/c36-35(37)38-20-9-16-32-34(43)41(24-31(26-11-3-1-4-12-26)27-13-5-2-6-14-27)21-19-30(40-32)23-39-33(42)29-18-17-25-10-7-8-15-28(25)22-29/h1-8,10-15,17-18,22,30-32,40H,9,16,19-21,23-24H2,(H,39,42)(H4,36,37,38)/t30?,32-/m1/s1. The number of carbonyl (C=O) groups excluding carboxylic acids is 2. The number of rotatable bonds is 11. The van der Waals surface area contributed by atoms with Gasteiger partial charge in [-0.3, -0.25) is 14.6 Å². The summed E-state index contributed by atoms with van der Waals surface area (Å²) in [6.45, 7) is 2.02. The number of amides is 2. The van der Waals surface area contributed by atoms with Crippen molar-refractivity contribution in [3.05, 3.63) is 120 Å². The summed E-state index contributed by atoms with van der Waals surface area (Å²) in [5, 5.41) is 8.77. The van der Waals surface area contributed by atoms with Gasteiger partial charge in [-0.1, -0.05) is 91.0 Å². The second-order valence-electron chi connectivity index (χ2n) is 11.1. The van der Waals surface area contributed by atoms with Crippen LogP contribution >= 0.6 is 0 Å². The maximum Gasteiger partial charge on any atom is 0.251 e. The van der Waals surface area contributed by atoms with Gasteiger partial charge in [0.1, 0.15) is 0 Å². The highest BCUT2D eigenvalue weighted by atomic mass is 16.2. The molecule has 8 heteroatoms. The molecule has 1 aliphatic heterocycles. The molecule has 1 unspecified atom stereocenters. The Morgan fingerprint density at radius 2 is 1.56 bits per heavy atom. The number of fused-ring (bicyclic) bond motifs is 1. The van der Waals surface area contributed by atoms with Gasteiger partial charge in [-0.2, -0.15) is 0 Å². The second-order valence-corrected chi connectivity index (χ2v) is 11.1. The van der Waals surface area contributed by atoms with Crippen molar-refractivity contribution in [1.29, 1.82) is 0 Å². The van der Waals surface area contributed by atoms with E-state index in [0.717, 1.165) is 10.8 Å². The molecule has 4 aromatic rings. The van der Waals surface area contributed by atoms with Gasteiger partial charge >= 0.3 is 0 Å². The molecule has 4 aromatic carbocycles. The topological polar surface area (TPSA) is 126 Å². The lowest BCUT2D eigenvalue weighted by Crippen LogP contribution is -2.49. The third-order valence-corrected chi connectivity index (χ3v) is 8.07. The summed E-state index contributed by atoms with van der Waals surface area (Å²) in [4.78, 5) is 33.2. The van der Waals surface area contributed by atoms with Gasteiger partial charge in [0, 0.05) is 43.7 Å². The highest BCUT2D eigenvalue weighted by Crippen LogP contribution is 2.27. The van der Waals surface area contributed by atoms with E-state index in [2.05, 4.69) is 39.9 Å². The quantitative estimate of drug-likeness (QED) is 0.122. The highest BCUT2D eigenvalue weighted by Gasteiger charge is 2.32. The molecule has 6 N–H and O–H groups in total. The SMILES string of the molecule is NC(N)=NCCC[C@H]1NC(CNC(=O)c2ccc3ccccc3c2)CCN(CC(c2ccccc2)c2ccccc2)C1=O. The molecule has 0 radical (unpaired) electrons. The number of nitrogens with two attached hydrogens (primary N) is 2. The Bertz CT molecular complexity index is 1500. The number of carbonyl (C=O) groups is 2. The number of guanidine groups is 1. The van der Waals surface area contributed by atoms with E-state index < -0.39 is 6.04 Å². The van der Waals surface area contributed by atoms with Crippen LogP contribution in [-0.2, 0) is 4.79 Å². The molecule has 0 saturated carbocycles. The third-order valence-electron chi connectivity index (χ3n) is 8.07. The van der Waals surface area contributed by atoms with E-state index >= 15 is 0 Å². The minimum absolute atomic E-state index is 0.0396. The molecule has 0 aliphatic carbocycles. The van der Waals surface area contributed by atoms with E-state index in [9.17, 15) is 9.59 Å². The van der Waals surface area contributed by atoms with Crippen LogP contribution < -0.4 is 22.1 Å². The molecular formula is C35H40N6O2. The van der Waals surface area contributed by atoms with Crippen LogP contribution in [0.25, 0.3) is 10.8 Å². The van der Waals surface area contributed by atoms with Crippen molar-refractivity contribution in [1.82, 2.24) is 15.5 Å². The maximum absolute atomic E-state index is 14.0. The first kappa shape index (κ1) is 29.8. The summed E-state index contributed by atoms with van der Waals surface area (Å²) in [7, 11) is 0. The first-order valence-corrected chi connectivity index (χ1v) is 14.9. The van der Waals surface area contributed by atoms with E-state index in [1.54, 1.807) is 0 Å². The maximum atomic E-state index is 14.0. The Balaban J connectivity index is 1.31. The fourth-order valence-electron chi connectivity index (χ4n) is 5.78. The predicted octanol–water partition coefficient (Wildman–Crippen LogP) is 4.01. The Hall–Kier alpha value is -4.69.